The van der Waals surface area contributed by atoms with E-state index in [1.165, 1.54) is 5.56 Å². The zero-order valence-electron chi connectivity index (χ0n) is 16.7. The number of amides is 1. The van der Waals surface area contributed by atoms with Crippen LogP contribution in [0, 0.1) is 6.92 Å². The second-order valence-corrected chi connectivity index (χ2v) is 7.53. The highest BCUT2D eigenvalue weighted by molar-refractivity contribution is 5.94. The number of nitrogens with zero attached hydrogens (tertiary/aromatic N) is 5. The van der Waals surface area contributed by atoms with Crippen molar-refractivity contribution in [2.75, 3.05) is 31.1 Å². The fourth-order valence-electron chi connectivity index (χ4n) is 3.84. The summed E-state index contributed by atoms with van der Waals surface area (Å²) in [5, 5.41) is 8.27. The minimum Gasteiger partial charge on any atom is -0.352 e. The van der Waals surface area contributed by atoms with Crippen LogP contribution in [-0.4, -0.2) is 57.2 Å². The molecule has 0 saturated carbocycles. The van der Waals surface area contributed by atoms with E-state index < -0.39 is 0 Å². The molecule has 1 fully saturated rings. The van der Waals surface area contributed by atoms with Crippen LogP contribution < -0.4 is 4.90 Å². The zero-order valence-corrected chi connectivity index (χ0v) is 16.7. The molecule has 30 heavy (non-hydrogen) atoms. The van der Waals surface area contributed by atoms with E-state index in [4.69, 9.17) is 0 Å². The molecule has 1 N–H and O–H groups in total. The van der Waals surface area contributed by atoms with Crippen LogP contribution in [0.1, 0.15) is 16.1 Å². The summed E-state index contributed by atoms with van der Waals surface area (Å²) >= 11 is 0. The number of carbonyl (C=O) groups is 1. The van der Waals surface area contributed by atoms with Crippen LogP contribution in [0.15, 0.2) is 60.9 Å². The molecule has 1 saturated heterocycles. The molecule has 7 heteroatoms. The Kier molecular flexibility index (Phi) is 4.63. The number of carbonyl (C=O) groups excluding carboxylic acids is 1. The Bertz CT molecular complexity index is 1190. The Morgan fingerprint density at radius 2 is 1.73 bits per heavy atom. The lowest BCUT2D eigenvalue weighted by atomic mass is 10.1. The van der Waals surface area contributed by atoms with E-state index >= 15 is 0 Å². The lowest BCUT2D eigenvalue weighted by molar-refractivity contribution is 0.0740. The van der Waals surface area contributed by atoms with E-state index in [1.807, 2.05) is 66.4 Å². The number of hydrogen-bond acceptors (Lipinski definition) is 5. The summed E-state index contributed by atoms with van der Waals surface area (Å²) in [6, 6.07) is 18.0. The van der Waals surface area contributed by atoms with Crippen molar-refractivity contribution in [1.82, 2.24) is 25.1 Å². The molecule has 0 aliphatic carbocycles. The van der Waals surface area contributed by atoms with E-state index in [9.17, 15) is 4.79 Å². The summed E-state index contributed by atoms with van der Waals surface area (Å²) in [6.07, 6.45) is 1.60. The average molecular weight is 398 g/mol. The molecule has 2 aromatic heterocycles. The smallest absolute Gasteiger partial charge is 0.272 e. The van der Waals surface area contributed by atoms with Gasteiger partial charge in [-0.3, -0.25) is 9.89 Å². The molecule has 0 unspecified atom stereocenters. The van der Waals surface area contributed by atoms with Crippen molar-refractivity contribution in [1.29, 1.82) is 0 Å². The van der Waals surface area contributed by atoms with Crippen molar-refractivity contribution >= 4 is 22.6 Å². The summed E-state index contributed by atoms with van der Waals surface area (Å²) in [5.74, 6) is 0.906. The van der Waals surface area contributed by atoms with Crippen molar-refractivity contribution in [3.8, 4) is 11.3 Å². The Balaban J connectivity index is 1.29. The highest BCUT2D eigenvalue weighted by atomic mass is 16.2. The first-order valence-electron chi connectivity index (χ1n) is 10.1. The third-order valence-corrected chi connectivity index (χ3v) is 5.54. The van der Waals surface area contributed by atoms with Crippen LogP contribution in [0.3, 0.4) is 0 Å². The molecule has 4 aromatic rings. The predicted molar refractivity (Wildman–Crippen MR) is 116 cm³/mol. The van der Waals surface area contributed by atoms with Crippen molar-refractivity contribution in [3.63, 3.8) is 0 Å². The molecule has 150 valence electrons. The molecule has 0 spiro atoms. The van der Waals surface area contributed by atoms with Crippen LogP contribution in [0.4, 0.5) is 5.82 Å². The van der Waals surface area contributed by atoms with Gasteiger partial charge in [0.25, 0.3) is 5.91 Å². The number of benzene rings is 2. The van der Waals surface area contributed by atoms with Gasteiger partial charge in [0.15, 0.2) is 0 Å². The van der Waals surface area contributed by atoms with E-state index in [1.54, 1.807) is 6.33 Å². The van der Waals surface area contributed by atoms with Gasteiger partial charge >= 0.3 is 0 Å². The maximum absolute atomic E-state index is 13.0. The topological polar surface area (TPSA) is 78.0 Å². The number of fused-ring (bicyclic) bond motifs is 1. The number of para-hydroxylation sites is 1. The van der Waals surface area contributed by atoms with Gasteiger partial charge in [-0.15, -0.1) is 0 Å². The average Bonchev–Trinajstić information content (AvgIpc) is 3.29. The highest BCUT2D eigenvalue weighted by Gasteiger charge is 2.25. The number of nitrogens with one attached hydrogen (secondary N) is 1. The van der Waals surface area contributed by atoms with Gasteiger partial charge in [-0.25, -0.2) is 9.97 Å². The minimum absolute atomic E-state index is 0.0203. The quantitative estimate of drug-likeness (QED) is 0.573. The third-order valence-electron chi connectivity index (χ3n) is 5.54. The number of piperazine rings is 1. The molecule has 2 aromatic carbocycles. The van der Waals surface area contributed by atoms with Gasteiger partial charge in [-0.1, -0.05) is 42.0 Å². The molecule has 1 aliphatic rings. The van der Waals surface area contributed by atoms with Gasteiger partial charge in [0.2, 0.25) is 0 Å². The van der Waals surface area contributed by atoms with Crippen LogP contribution in [0.25, 0.3) is 22.2 Å². The Morgan fingerprint density at radius 3 is 2.53 bits per heavy atom. The molecular weight excluding hydrogens is 376 g/mol. The van der Waals surface area contributed by atoms with Crippen molar-refractivity contribution < 1.29 is 4.79 Å². The lowest BCUT2D eigenvalue weighted by Crippen LogP contribution is -2.49. The normalized spacial score (nSPS) is 14.3. The number of hydrogen-bond donors (Lipinski definition) is 1. The van der Waals surface area contributed by atoms with E-state index in [2.05, 4.69) is 25.1 Å². The van der Waals surface area contributed by atoms with E-state index in [-0.39, 0.29) is 5.91 Å². The first-order valence-corrected chi connectivity index (χ1v) is 10.1. The Morgan fingerprint density at radius 1 is 0.967 bits per heavy atom. The molecule has 1 aliphatic heterocycles. The van der Waals surface area contributed by atoms with Crippen molar-refractivity contribution in [2.45, 2.75) is 6.92 Å². The van der Waals surface area contributed by atoms with E-state index in [0.717, 1.165) is 41.1 Å². The lowest BCUT2D eigenvalue weighted by Gasteiger charge is -2.35. The molecule has 0 bridgehead atoms. The van der Waals surface area contributed by atoms with Crippen LogP contribution in [0.2, 0.25) is 0 Å². The molecule has 7 nitrogen and oxygen atoms in total. The third kappa shape index (κ3) is 3.39. The van der Waals surface area contributed by atoms with Gasteiger partial charge in [0.05, 0.1) is 11.2 Å². The molecule has 1 amide bonds. The first-order chi connectivity index (χ1) is 14.7. The maximum Gasteiger partial charge on any atom is 0.272 e. The Labute approximate surface area is 174 Å². The number of aromatic nitrogens is 4. The summed E-state index contributed by atoms with van der Waals surface area (Å²) < 4.78 is 0. The Hall–Kier alpha value is -3.74. The standard InChI is InChI=1S/C23H22N6O/c1-16-6-8-17(9-7-16)20-14-21(27-26-20)23(30)29-12-10-28(11-13-29)22-18-4-2-3-5-19(18)24-15-25-22/h2-9,14-15H,10-13H2,1H3,(H,26,27). The molecule has 5 rings (SSSR count). The maximum atomic E-state index is 13.0. The monoisotopic (exact) mass is 398 g/mol. The molecule has 0 atom stereocenters. The molecule has 0 radical (unpaired) electrons. The molecular formula is C23H22N6O. The number of aryl methyl sites for hydroxylation is 1. The minimum atomic E-state index is -0.0203. The van der Waals surface area contributed by atoms with Crippen molar-refractivity contribution in [2.24, 2.45) is 0 Å². The van der Waals surface area contributed by atoms with Gasteiger partial charge in [-0.2, -0.15) is 5.10 Å². The fraction of sp³-hybridized carbons (Fsp3) is 0.217. The SMILES string of the molecule is Cc1ccc(-c2cc(C(=O)N3CCN(c4ncnc5ccccc45)CC3)[nH]n2)cc1. The van der Waals surface area contributed by atoms with Crippen molar-refractivity contribution in [3.05, 3.63) is 72.2 Å². The summed E-state index contributed by atoms with van der Waals surface area (Å²) in [4.78, 5) is 25.9. The summed E-state index contributed by atoms with van der Waals surface area (Å²) in [6.45, 7) is 4.77. The number of anilines is 1. The number of rotatable bonds is 3. The second kappa shape index (κ2) is 7.59. The zero-order chi connectivity index (χ0) is 20.5. The second-order valence-electron chi connectivity index (χ2n) is 7.53. The predicted octanol–water partition coefficient (Wildman–Crippen LogP) is 3.29. The largest absolute Gasteiger partial charge is 0.352 e. The van der Waals surface area contributed by atoms with Gasteiger partial charge in [-0.05, 0) is 25.1 Å². The van der Waals surface area contributed by atoms with Crippen LogP contribution in [-0.2, 0) is 0 Å². The van der Waals surface area contributed by atoms with Gasteiger partial charge < -0.3 is 9.80 Å². The van der Waals surface area contributed by atoms with Gasteiger partial charge in [0, 0.05) is 37.1 Å². The van der Waals surface area contributed by atoms with Crippen LogP contribution >= 0.6 is 0 Å². The number of aromatic amines is 1. The highest BCUT2D eigenvalue weighted by Crippen LogP contribution is 2.24. The summed E-state index contributed by atoms with van der Waals surface area (Å²) in [7, 11) is 0. The summed E-state index contributed by atoms with van der Waals surface area (Å²) in [5.41, 5.74) is 4.43. The fourth-order valence-corrected chi connectivity index (χ4v) is 3.84. The first kappa shape index (κ1) is 18.3. The molecule has 3 heterocycles. The van der Waals surface area contributed by atoms with Gasteiger partial charge in [0.1, 0.15) is 17.8 Å². The number of H-pyrrole nitrogens is 1. The van der Waals surface area contributed by atoms with E-state index in [0.29, 0.717) is 18.8 Å². The van der Waals surface area contributed by atoms with Crippen LogP contribution in [0.5, 0.6) is 0 Å².